The maximum atomic E-state index is 11.2. The van der Waals surface area contributed by atoms with E-state index in [1.165, 1.54) is 6.26 Å². The van der Waals surface area contributed by atoms with Gasteiger partial charge in [-0.25, -0.2) is 8.42 Å². The predicted molar refractivity (Wildman–Crippen MR) is 49.9 cm³/mol. The van der Waals surface area contributed by atoms with Crippen molar-refractivity contribution in [2.75, 3.05) is 13.3 Å². The van der Waals surface area contributed by atoms with E-state index in [0.717, 1.165) is 25.7 Å². The predicted octanol–water partition coefficient (Wildman–Crippen LogP) is 0.562. The summed E-state index contributed by atoms with van der Waals surface area (Å²) in [5.74, 6) is 0. The second-order valence-corrected chi connectivity index (χ2v) is 5.93. The minimum absolute atomic E-state index is 0.108. The van der Waals surface area contributed by atoms with E-state index in [0.29, 0.717) is 6.04 Å². The lowest BCUT2D eigenvalue weighted by molar-refractivity contribution is 0.391. The first-order valence-electron chi connectivity index (χ1n) is 4.40. The lowest BCUT2D eigenvalue weighted by Crippen LogP contribution is -2.36. The Balaban J connectivity index is 2.58. The number of sulfone groups is 1. The Morgan fingerprint density at radius 3 is 2.50 bits per heavy atom. The first-order chi connectivity index (χ1) is 5.54. The molecule has 1 N–H and O–H groups in total. The summed E-state index contributed by atoms with van der Waals surface area (Å²) >= 11 is 0. The highest BCUT2D eigenvalue weighted by atomic mass is 32.2. The van der Waals surface area contributed by atoms with Crippen LogP contribution in [0.2, 0.25) is 0 Å². The van der Waals surface area contributed by atoms with Gasteiger partial charge >= 0.3 is 0 Å². The Kier molecular flexibility index (Phi) is 3.12. The highest BCUT2D eigenvalue weighted by Crippen LogP contribution is 2.23. The van der Waals surface area contributed by atoms with Crippen LogP contribution in [0, 0.1) is 0 Å². The normalized spacial score (nSPS) is 31.8. The van der Waals surface area contributed by atoms with Crippen LogP contribution >= 0.6 is 0 Å². The van der Waals surface area contributed by atoms with Gasteiger partial charge in [0.15, 0.2) is 0 Å². The van der Waals surface area contributed by atoms with E-state index in [1.54, 1.807) is 0 Å². The third kappa shape index (κ3) is 2.45. The fraction of sp³-hybridized carbons (Fsp3) is 1.00. The van der Waals surface area contributed by atoms with Gasteiger partial charge in [0.2, 0.25) is 0 Å². The minimum Gasteiger partial charge on any atom is -0.317 e. The third-order valence-corrected chi connectivity index (χ3v) is 4.28. The molecule has 0 saturated heterocycles. The van der Waals surface area contributed by atoms with Crippen molar-refractivity contribution in [1.82, 2.24) is 5.32 Å². The summed E-state index contributed by atoms with van der Waals surface area (Å²) in [4.78, 5) is 0. The van der Waals surface area contributed by atoms with Crippen molar-refractivity contribution in [2.45, 2.75) is 37.0 Å². The van der Waals surface area contributed by atoms with Gasteiger partial charge in [0.25, 0.3) is 0 Å². The Morgan fingerprint density at radius 1 is 1.33 bits per heavy atom. The maximum Gasteiger partial charge on any atom is 0.150 e. The molecule has 1 fully saturated rings. The van der Waals surface area contributed by atoms with Crippen molar-refractivity contribution in [1.29, 1.82) is 0 Å². The van der Waals surface area contributed by atoms with Gasteiger partial charge in [-0.2, -0.15) is 0 Å². The van der Waals surface area contributed by atoms with Gasteiger partial charge in [-0.3, -0.25) is 0 Å². The quantitative estimate of drug-likeness (QED) is 0.694. The van der Waals surface area contributed by atoms with Crippen molar-refractivity contribution >= 4 is 9.84 Å². The van der Waals surface area contributed by atoms with Crippen LogP contribution in [0.4, 0.5) is 0 Å². The van der Waals surface area contributed by atoms with E-state index in [2.05, 4.69) is 5.32 Å². The molecular weight excluding hydrogens is 174 g/mol. The molecule has 0 spiro atoms. The van der Waals surface area contributed by atoms with E-state index in [4.69, 9.17) is 0 Å². The summed E-state index contributed by atoms with van der Waals surface area (Å²) in [6.45, 7) is 0. The molecule has 12 heavy (non-hydrogen) atoms. The minimum atomic E-state index is -2.81. The molecule has 0 unspecified atom stereocenters. The van der Waals surface area contributed by atoms with Gasteiger partial charge in [0.1, 0.15) is 9.84 Å². The highest BCUT2D eigenvalue weighted by Gasteiger charge is 2.27. The van der Waals surface area contributed by atoms with Gasteiger partial charge in [-0.1, -0.05) is 6.42 Å². The fourth-order valence-corrected chi connectivity index (χ4v) is 2.97. The van der Waals surface area contributed by atoms with Crippen LogP contribution in [0.1, 0.15) is 25.7 Å². The summed E-state index contributed by atoms with van der Waals surface area (Å²) < 4.78 is 22.4. The number of hydrogen-bond acceptors (Lipinski definition) is 3. The molecule has 0 radical (unpaired) electrons. The number of hydrogen-bond donors (Lipinski definition) is 1. The number of nitrogens with one attached hydrogen (secondary N) is 1. The van der Waals surface area contributed by atoms with Gasteiger partial charge in [0, 0.05) is 12.3 Å². The molecule has 3 nitrogen and oxygen atoms in total. The van der Waals surface area contributed by atoms with E-state index >= 15 is 0 Å². The lowest BCUT2D eigenvalue weighted by atomic mass is 9.95. The zero-order valence-corrected chi connectivity index (χ0v) is 8.52. The van der Waals surface area contributed by atoms with Gasteiger partial charge in [-0.15, -0.1) is 0 Å². The Hall–Kier alpha value is -0.0900. The molecule has 0 aromatic carbocycles. The van der Waals surface area contributed by atoms with Crippen molar-refractivity contribution in [3.63, 3.8) is 0 Å². The zero-order valence-electron chi connectivity index (χ0n) is 7.71. The van der Waals surface area contributed by atoms with Crippen molar-refractivity contribution < 1.29 is 8.42 Å². The van der Waals surface area contributed by atoms with E-state index in [9.17, 15) is 8.42 Å². The summed E-state index contributed by atoms with van der Waals surface area (Å²) in [7, 11) is -0.911. The lowest BCUT2D eigenvalue weighted by Gasteiger charge is -2.27. The third-order valence-electron chi connectivity index (χ3n) is 2.64. The fourth-order valence-electron chi connectivity index (χ4n) is 1.80. The summed E-state index contributed by atoms with van der Waals surface area (Å²) in [6, 6.07) is 0.401. The van der Waals surface area contributed by atoms with E-state index in [-0.39, 0.29) is 5.25 Å². The van der Waals surface area contributed by atoms with Crippen LogP contribution in [-0.2, 0) is 9.84 Å². The average Bonchev–Trinajstić information content (AvgIpc) is 2.03. The maximum absolute atomic E-state index is 11.2. The Labute approximate surface area is 74.5 Å². The molecule has 1 aliphatic carbocycles. The van der Waals surface area contributed by atoms with Gasteiger partial charge < -0.3 is 5.32 Å². The molecule has 0 aromatic rings. The monoisotopic (exact) mass is 191 g/mol. The summed E-state index contributed by atoms with van der Waals surface area (Å²) in [6.07, 6.45) is 5.12. The van der Waals surface area contributed by atoms with Crippen LogP contribution < -0.4 is 5.32 Å². The molecule has 0 amide bonds. The molecule has 1 saturated carbocycles. The van der Waals surface area contributed by atoms with Crippen LogP contribution in [0.5, 0.6) is 0 Å². The van der Waals surface area contributed by atoms with Gasteiger partial charge in [-0.05, 0) is 26.3 Å². The first-order valence-corrected chi connectivity index (χ1v) is 6.35. The van der Waals surface area contributed by atoms with E-state index < -0.39 is 9.84 Å². The van der Waals surface area contributed by atoms with Crippen LogP contribution in [0.3, 0.4) is 0 Å². The van der Waals surface area contributed by atoms with E-state index in [1.807, 2.05) is 7.05 Å². The second kappa shape index (κ2) is 3.75. The molecule has 0 heterocycles. The van der Waals surface area contributed by atoms with Gasteiger partial charge in [0.05, 0.1) is 5.25 Å². The van der Waals surface area contributed by atoms with Crippen LogP contribution in [0.25, 0.3) is 0 Å². The van der Waals surface area contributed by atoms with Crippen molar-refractivity contribution in [2.24, 2.45) is 0 Å². The topological polar surface area (TPSA) is 46.2 Å². The number of rotatable bonds is 2. The molecule has 4 heteroatoms. The van der Waals surface area contributed by atoms with Crippen molar-refractivity contribution in [3.8, 4) is 0 Å². The molecule has 1 rings (SSSR count). The first kappa shape index (κ1) is 9.99. The molecule has 1 aliphatic rings. The van der Waals surface area contributed by atoms with Crippen LogP contribution in [-0.4, -0.2) is 33.0 Å². The van der Waals surface area contributed by atoms with Crippen molar-refractivity contribution in [3.05, 3.63) is 0 Å². The molecule has 72 valence electrons. The van der Waals surface area contributed by atoms with Crippen LogP contribution in [0.15, 0.2) is 0 Å². The average molecular weight is 191 g/mol. The molecule has 0 aliphatic heterocycles. The Morgan fingerprint density at radius 2 is 2.00 bits per heavy atom. The summed E-state index contributed by atoms with van der Waals surface area (Å²) in [5, 5.41) is 3.03. The SMILES string of the molecule is CN[C@H]1CCC[C@@H](S(C)(=O)=O)C1. The molecule has 2 atom stereocenters. The molecular formula is C8H17NO2S. The largest absolute Gasteiger partial charge is 0.317 e. The molecule has 0 aromatic heterocycles. The zero-order chi connectivity index (χ0) is 9.19. The highest BCUT2D eigenvalue weighted by molar-refractivity contribution is 7.91. The molecule has 0 bridgehead atoms. The Bertz CT molecular complexity index is 235. The standard InChI is InChI=1S/C8H17NO2S/c1-9-7-4-3-5-8(6-7)12(2,10)11/h7-9H,3-6H2,1-2H3/t7-,8+/m0/s1. The second-order valence-electron chi connectivity index (χ2n) is 3.60. The summed E-state index contributed by atoms with van der Waals surface area (Å²) in [5.41, 5.74) is 0. The smallest absolute Gasteiger partial charge is 0.150 e.